The highest BCUT2D eigenvalue weighted by Gasteiger charge is 2.30. The highest BCUT2D eigenvalue weighted by atomic mass is 79.9. The van der Waals surface area contributed by atoms with Crippen LogP contribution in [0.15, 0.2) is 16.7 Å². The molecule has 4 nitrogen and oxygen atoms in total. The number of nitrogens with two attached hydrogens (primary N) is 1. The van der Waals surface area contributed by atoms with E-state index >= 15 is 0 Å². The van der Waals surface area contributed by atoms with E-state index in [4.69, 9.17) is 5.73 Å². The monoisotopic (exact) mass is 349 g/mol. The third-order valence-electron chi connectivity index (χ3n) is 3.50. The van der Waals surface area contributed by atoms with Gasteiger partial charge in [-0.15, -0.1) is 12.4 Å². The van der Waals surface area contributed by atoms with Crippen LogP contribution >= 0.6 is 28.3 Å². The molecule has 19 heavy (non-hydrogen) atoms. The van der Waals surface area contributed by atoms with Crippen molar-refractivity contribution in [3.63, 3.8) is 0 Å². The summed E-state index contributed by atoms with van der Waals surface area (Å²) in [6, 6.07) is 2.37. The van der Waals surface area contributed by atoms with Gasteiger partial charge in [0.25, 0.3) is 5.91 Å². The average Bonchev–Trinajstić information content (AvgIpc) is 2.93. The number of halogens is 2. The lowest BCUT2D eigenvalue weighted by atomic mass is 10.2. The first kappa shape index (κ1) is 16.5. The Morgan fingerprint density at radius 2 is 2.26 bits per heavy atom. The maximum absolute atomic E-state index is 12.6. The Hall–Kier alpha value is -0.520. The predicted octanol–water partition coefficient (Wildman–Crippen LogP) is 2.82. The van der Waals surface area contributed by atoms with E-state index in [1.54, 1.807) is 0 Å². The lowest BCUT2D eigenvalue weighted by Crippen LogP contribution is -2.40. The van der Waals surface area contributed by atoms with E-state index < -0.39 is 0 Å². The predicted molar refractivity (Wildman–Crippen MR) is 82.9 cm³/mol. The third-order valence-corrected chi connectivity index (χ3v) is 3.93. The molecule has 1 atom stereocenters. The van der Waals surface area contributed by atoms with Crippen LogP contribution in [0.1, 0.15) is 43.2 Å². The fourth-order valence-corrected chi connectivity index (χ4v) is 2.98. The van der Waals surface area contributed by atoms with Gasteiger partial charge in [-0.1, -0.05) is 0 Å². The molecule has 1 fully saturated rings. The zero-order valence-electron chi connectivity index (χ0n) is 11.3. The van der Waals surface area contributed by atoms with E-state index in [0.717, 1.165) is 29.6 Å². The van der Waals surface area contributed by atoms with Crippen molar-refractivity contribution >= 4 is 34.2 Å². The Morgan fingerprint density at radius 3 is 2.84 bits per heavy atom. The molecular formula is C13H21BrClN3O. The highest BCUT2D eigenvalue weighted by molar-refractivity contribution is 9.10. The lowest BCUT2D eigenvalue weighted by molar-refractivity contribution is 0.0728. The van der Waals surface area contributed by atoms with Crippen LogP contribution in [0.25, 0.3) is 0 Å². The minimum atomic E-state index is 0. The van der Waals surface area contributed by atoms with Crippen LogP contribution in [-0.4, -0.2) is 34.5 Å². The van der Waals surface area contributed by atoms with Gasteiger partial charge in [-0.05, 0) is 48.7 Å². The average molecular weight is 351 g/mol. The van der Waals surface area contributed by atoms with Crippen LogP contribution in [0.3, 0.4) is 0 Å². The number of hydrogen-bond acceptors (Lipinski definition) is 2. The second-order valence-electron chi connectivity index (χ2n) is 5.07. The number of likely N-dealkylation sites (tertiary alicyclic amines) is 1. The Kier molecular flexibility index (Phi) is 5.89. The van der Waals surface area contributed by atoms with Gasteiger partial charge < -0.3 is 15.2 Å². The number of aromatic nitrogens is 1. The van der Waals surface area contributed by atoms with Crippen LogP contribution in [0.2, 0.25) is 0 Å². The van der Waals surface area contributed by atoms with Crippen LogP contribution in [0.5, 0.6) is 0 Å². The van der Waals surface area contributed by atoms with Gasteiger partial charge in [0.2, 0.25) is 0 Å². The summed E-state index contributed by atoms with van der Waals surface area (Å²) in [5.74, 6) is 0.0994. The molecule has 2 N–H and O–H groups in total. The third kappa shape index (κ3) is 3.33. The number of hydrogen-bond donors (Lipinski definition) is 1. The van der Waals surface area contributed by atoms with E-state index in [1.165, 1.54) is 0 Å². The Balaban J connectivity index is 0.00000180. The van der Waals surface area contributed by atoms with Crippen molar-refractivity contribution in [2.45, 2.75) is 38.8 Å². The molecule has 1 aliphatic rings. The van der Waals surface area contributed by atoms with Gasteiger partial charge in [0, 0.05) is 35.8 Å². The number of amides is 1. The zero-order valence-corrected chi connectivity index (χ0v) is 13.7. The summed E-state index contributed by atoms with van der Waals surface area (Å²) in [7, 11) is 0. The van der Waals surface area contributed by atoms with E-state index in [9.17, 15) is 4.79 Å². The van der Waals surface area contributed by atoms with Gasteiger partial charge in [-0.25, -0.2) is 0 Å². The lowest BCUT2D eigenvalue weighted by Gasteiger charge is -2.24. The van der Waals surface area contributed by atoms with Gasteiger partial charge in [0.1, 0.15) is 5.69 Å². The molecule has 0 radical (unpaired) electrons. The minimum Gasteiger partial charge on any atom is -0.340 e. The standard InChI is InChI=1S/C13H20BrN3O.ClH/c1-9(2)17-8-10(14)6-12(17)13(18)16-5-3-4-11(16)7-15;/h6,8-9,11H,3-5,7,15H2,1-2H3;1H. The fraction of sp³-hybridized carbons (Fsp3) is 0.615. The molecule has 1 aromatic heterocycles. The van der Waals surface area contributed by atoms with Crippen LogP contribution in [0.4, 0.5) is 0 Å². The topological polar surface area (TPSA) is 51.3 Å². The number of carbonyl (C=O) groups is 1. The number of nitrogens with zero attached hydrogens (tertiary/aromatic N) is 2. The van der Waals surface area contributed by atoms with Gasteiger partial charge in [0.05, 0.1) is 0 Å². The first-order valence-electron chi connectivity index (χ1n) is 6.43. The SMILES string of the molecule is CC(C)n1cc(Br)cc1C(=O)N1CCCC1CN.Cl. The molecule has 2 rings (SSSR count). The van der Waals surface area contributed by atoms with Crippen molar-refractivity contribution in [2.75, 3.05) is 13.1 Å². The molecule has 1 amide bonds. The van der Waals surface area contributed by atoms with Crippen molar-refractivity contribution in [3.8, 4) is 0 Å². The van der Waals surface area contributed by atoms with E-state index in [2.05, 4.69) is 29.8 Å². The molecule has 0 spiro atoms. The first-order valence-corrected chi connectivity index (χ1v) is 7.22. The largest absolute Gasteiger partial charge is 0.340 e. The van der Waals surface area contributed by atoms with Gasteiger partial charge in [0.15, 0.2) is 0 Å². The summed E-state index contributed by atoms with van der Waals surface area (Å²) in [6.07, 6.45) is 4.04. The summed E-state index contributed by atoms with van der Waals surface area (Å²) in [6.45, 7) is 5.53. The minimum absolute atomic E-state index is 0. The molecule has 1 unspecified atom stereocenters. The van der Waals surface area contributed by atoms with E-state index in [0.29, 0.717) is 6.54 Å². The second kappa shape index (κ2) is 6.77. The highest BCUT2D eigenvalue weighted by Crippen LogP contribution is 2.24. The molecule has 1 aromatic rings. The van der Waals surface area contributed by atoms with E-state index in [-0.39, 0.29) is 30.4 Å². The smallest absolute Gasteiger partial charge is 0.270 e. The molecule has 1 saturated heterocycles. The van der Waals surface area contributed by atoms with Crippen molar-refractivity contribution in [1.82, 2.24) is 9.47 Å². The number of rotatable bonds is 3. The van der Waals surface area contributed by atoms with Gasteiger partial charge in [-0.3, -0.25) is 4.79 Å². The maximum atomic E-state index is 12.6. The van der Waals surface area contributed by atoms with Crippen molar-refractivity contribution in [3.05, 3.63) is 22.4 Å². The molecule has 0 bridgehead atoms. The molecule has 108 valence electrons. The molecule has 0 aliphatic carbocycles. The molecule has 0 saturated carbocycles. The van der Waals surface area contributed by atoms with Crippen molar-refractivity contribution in [1.29, 1.82) is 0 Å². The van der Waals surface area contributed by atoms with Crippen molar-refractivity contribution < 1.29 is 4.79 Å². The maximum Gasteiger partial charge on any atom is 0.270 e. The van der Waals surface area contributed by atoms with E-state index in [1.807, 2.05) is 21.7 Å². The first-order chi connectivity index (χ1) is 8.54. The molecule has 0 aromatic carbocycles. The van der Waals surface area contributed by atoms with Crippen molar-refractivity contribution in [2.24, 2.45) is 5.73 Å². The second-order valence-corrected chi connectivity index (χ2v) is 5.99. The van der Waals surface area contributed by atoms with Gasteiger partial charge >= 0.3 is 0 Å². The molecule has 2 heterocycles. The van der Waals surface area contributed by atoms with Gasteiger partial charge in [-0.2, -0.15) is 0 Å². The summed E-state index contributed by atoms with van der Waals surface area (Å²) >= 11 is 3.44. The Labute approximate surface area is 128 Å². The number of carbonyl (C=O) groups excluding carboxylic acids is 1. The quantitative estimate of drug-likeness (QED) is 0.911. The normalized spacial score (nSPS) is 18.8. The van der Waals surface area contributed by atoms with Crippen LogP contribution in [0, 0.1) is 0 Å². The summed E-state index contributed by atoms with van der Waals surface area (Å²) < 4.78 is 2.96. The van der Waals surface area contributed by atoms with Crippen LogP contribution in [-0.2, 0) is 0 Å². The zero-order chi connectivity index (χ0) is 13.3. The summed E-state index contributed by atoms with van der Waals surface area (Å²) in [5.41, 5.74) is 6.48. The summed E-state index contributed by atoms with van der Waals surface area (Å²) in [4.78, 5) is 14.5. The molecule has 1 aliphatic heterocycles. The fourth-order valence-electron chi connectivity index (χ4n) is 2.54. The Morgan fingerprint density at radius 1 is 1.58 bits per heavy atom. The Bertz CT molecular complexity index is 447. The van der Waals surface area contributed by atoms with Crippen LogP contribution < -0.4 is 5.73 Å². The molecular weight excluding hydrogens is 330 g/mol. The summed E-state index contributed by atoms with van der Waals surface area (Å²) in [5, 5.41) is 0. The molecule has 6 heteroatoms.